The lowest BCUT2D eigenvalue weighted by atomic mass is 10.2. The molecule has 8 nitrogen and oxygen atoms in total. The average Bonchev–Trinajstić information content (AvgIpc) is 2.46. The molecule has 1 aliphatic rings. The molecule has 1 heterocycles. The lowest BCUT2D eigenvalue weighted by Gasteiger charge is -2.39. The van der Waals surface area contributed by atoms with Crippen LogP contribution in [-0.4, -0.2) is 72.7 Å². The Morgan fingerprint density at radius 1 is 1.35 bits per heavy atom. The van der Waals surface area contributed by atoms with Crippen LogP contribution < -0.4 is 5.32 Å². The maximum atomic E-state index is 12.1. The van der Waals surface area contributed by atoms with Gasteiger partial charge in [0.1, 0.15) is 6.54 Å². The van der Waals surface area contributed by atoms with E-state index in [1.165, 1.54) is 24.1 Å². The maximum absolute atomic E-state index is 12.1. The van der Waals surface area contributed by atoms with Gasteiger partial charge in [-0.3, -0.25) is 4.79 Å². The molecule has 23 heavy (non-hydrogen) atoms. The molecule has 1 aromatic rings. The Labute approximate surface area is 133 Å². The Bertz CT molecular complexity index is 613. The van der Waals surface area contributed by atoms with Crippen LogP contribution in [0.5, 0.6) is 0 Å². The van der Waals surface area contributed by atoms with E-state index in [0.717, 1.165) is 0 Å². The number of likely N-dealkylation sites (tertiary alicyclic amines) is 1. The highest BCUT2D eigenvalue weighted by molar-refractivity contribution is 6.01. The van der Waals surface area contributed by atoms with Crippen molar-refractivity contribution in [3.8, 4) is 0 Å². The van der Waals surface area contributed by atoms with Crippen molar-refractivity contribution in [3.63, 3.8) is 0 Å². The summed E-state index contributed by atoms with van der Waals surface area (Å²) in [6, 6.07) is 5.84. The number of nitrogens with zero attached hydrogens (tertiary/aromatic N) is 2. The van der Waals surface area contributed by atoms with Gasteiger partial charge in [0, 0.05) is 14.2 Å². The number of ether oxygens (including phenoxy) is 1. The van der Waals surface area contributed by atoms with E-state index in [1.807, 2.05) is 0 Å². The zero-order valence-electron chi connectivity index (χ0n) is 13.0. The zero-order valence-corrected chi connectivity index (χ0v) is 13.0. The van der Waals surface area contributed by atoms with Gasteiger partial charge < -0.3 is 25.0 Å². The van der Waals surface area contributed by atoms with E-state index >= 15 is 0 Å². The van der Waals surface area contributed by atoms with Crippen molar-refractivity contribution in [2.24, 2.45) is 0 Å². The van der Waals surface area contributed by atoms with Gasteiger partial charge in [-0.05, 0) is 12.1 Å². The molecule has 0 bridgehead atoms. The molecule has 0 aromatic heterocycles. The number of carbonyl (C=O) groups excluding carboxylic acids is 2. The first kappa shape index (κ1) is 16.8. The number of urea groups is 1. The molecule has 1 saturated heterocycles. The lowest BCUT2D eigenvalue weighted by molar-refractivity contribution is -0.116. The van der Waals surface area contributed by atoms with E-state index in [2.05, 4.69) is 5.32 Å². The summed E-state index contributed by atoms with van der Waals surface area (Å²) < 4.78 is 5.09. The van der Waals surface area contributed by atoms with E-state index in [9.17, 15) is 14.4 Å². The molecule has 3 amide bonds. The Hall–Kier alpha value is -2.61. The summed E-state index contributed by atoms with van der Waals surface area (Å²) >= 11 is 0. The third-order valence-electron chi connectivity index (χ3n) is 3.59. The highest BCUT2D eigenvalue weighted by Crippen LogP contribution is 2.15. The van der Waals surface area contributed by atoms with Crippen LogP contribution in [0, 0.1) is 0 Å². The predicted molar refractivity (Wildman–Crippen MR) is 82.4 cm³/mol. The summed E-state index contributed by atoms with van der Waals surface area (Å²) in [5.74, 6) is -1.59. The van der Waals surface area contributed by atoms with Crippen molar-refractivity contribution in [2.45, 2.75) is 6.10 Å². The molecule has 8 heteroatoms. The molecule has 0 atom stereocenters. The van der Waals surface area contributed by atoms with Crippen LogP contribution in [0.25, 0.3) is 0 Å². The van der Waals surface area contributed by atoms with Gasteiger partial charge in [-0.15, -0.1) is 0 Å². The van der Waals surface area contributed by atoms with Crippen LogP contribution in [0.2, 0.25) is 0 Å². The van der Waals surface area contributed by atoms with E-state index < -0.39 is 11.9 Å². The minimum Gasteiger partial charge on any atom is -0.478 e. The van der Waals surface area contributed by atoms with Crippen molar-refractivity contribution in [3.05, 3.63) is 29.8 Å². The highest BCUT2D eigenvalue weighted by atomic mass is 16.5. The van der Waals surface area contributed by atoms with Gasteiger partial charge in [-0.25, -0.2) is 9.59 Å². The predicted octanol–water partition coefficient (Wildman–Crippen LogP) is 0.706. The number of carboxylic acids is 1. The van der Waals surface area contributed by atoms with Gasteiger partial charge in [0.15, 0.2) is 0 Å². The van der Waals surface area contributed by atoms with E-state index in [-0.39, 0.29) is 29.9 Å². The molecule has 0 aliphatic carbocycles. The molecular weight excluding hydrogens is 302 g/mol. The number of carboxylic acid groups (broad SMARTS) is 1. The van der Waals surface area contributed by atoms with Gasteiger partial charge in [-0.1, -0.05) is 12.1 Å². The Morgan fingerprint density at radius 2 is 2.00 bits per heavy atom. The molecular formula is C15H19N3O5. The number of carbonyl (C=O) groups is 3. The second-order valence-corrected chi connectivity index (χ2v) is 5.30. The number of hydrogen-bond acceptors (Lipinski definition) is 4. The number of para-hydroxylation sites is 1. The number of likely N-dealkylation sites (N-methyl/N-ethyl adjacent to an activating group) is 1. The third-order valence-corrected chi connectivity index (χ3v) is 3.59. The van der Waals surface area contributed by atoms with E-state index in [4.69, 9.17) is 9.84 Å². The number of methoxy groups -OCH3 is 1. The maximum Gasteiger partial charge on any atom is 0.337 e. The van der Waals surface area contributed by atoms with E-state index in [1.54, 1.807) is 24.1 Å². The number of anilines is 1. The normalized spacial score (nSPS) is 14.1. The molecule has 0 radical (unpaired) electrons. The first-order chi connectivity index (χ1) is 10.9. The monoisotopic (exact) mass is 321 g/mol. The van der Waals surface area contributed by atoms with Crippen LogP contribution in [0.3, 0.4) is 0 Å². The van der Waals surface area contributed by atoms with Crippen LogP contribution >= 0.6 is 0 Å². The van der Waals surface area contributed by atoms with Crippen molar-refractivity contribution in [2.75, 3.05) is 39.1 Å². The second-order valence-electron chi connectivity index (χ2n) is 5.30. The Kier molecular flexibility index (Phi) is 5.17. The minimum atomic E-state index is -1.13. The van der Waals surface area contributed by atoms with Crippen molar-refractivity contribution >= 4 is 23.6 Å². The van der Waals surface area contributed by atoms with Crippen LogP contribution in [0.1, 0.15) is 10.4 Å². The molecule has 1 fully saturated rings. The fourth-order valence-corrected chi connectivity index (χ4v) is 2.24. The van der Waals surface area contributed by atoms with Gasteiger partial charge in [0.25, 0.3) is 0 Å². The van der Waals surface area contributed by atoms with Crippen molar-refractivity contribution in [1.82, 2.24) is 9.80 Å². The fraction of sp³-hybridized carbons (Fsp3) is 0.400. The standard InChI is InChI=1S/C15H19N3O5/c1-17(15(22)18-7-10(8-18)23-2)9-13(19)16-12-6-4-3-5-11(12)14(20)21/h3-6,10H,7-9H2,1-2H3,(H,16,19)(H,20,21). The van der Waals surface area contributed by atoms with Gasteiger partial charge in [-0.2, -0.15) is 0 Å². The quantitative estimate of drug-likeness (QED) is 0.832. The number of hydrogen-bond donors (Lipinski definition) is 2. The van der Waals surface area contributed by atoms with Gasteiger partial charge in [0.05, 0.1) is 30.4 Å². The fourth-order valence-electron chi connectivity index (χ4n) is 2.24. The molecule has 0 saturated carbocycles. The SMILES string of the molecule is COC1CN(C(=O)N(C)CC(=O)Nc2ccccc2C(=O)O)C1. The largest absolute Gasteiger partial charge is 0.478 e. The molecule has 0 unspecified atom stereocenters. The summed E-state index contributed by atoms with van der Waals surface area (Å²) in [7, 11) is 3.11. The first-order valence-corrected chi connectivity index (χ1v) is 7.07. The van der Waals surface area contributed by atoms with Gasteiger partial charge >= 0.3 is 12.0 Å². The molecule has 1 aromatic carbocycles. The Balaban J connectivity index is 1.90. The summed E-state index contributed by atoms with van der Waals surface area (Å²) in [5.41, 5.74) is 0.203. The number of amides is 3. The number of rotatable bonds is 5. The van der Waals surface area contributed by atoms with E-state index in [0.29, 0.717) is 13.1 Å². The summed E-state index contributed by atoms with van der Waals surface area (Å²) in [6.45, 7) is 0.840. The highest BCUT2D eigenvalue weighted by Gasteiger charge is 2.32. The molecule has 124 valence electrons. The topological polar surface area (TPSA) is 99.2 Å². The number of aromatic carboxylic acids is 1. The van der Waals surface area contributed by atoms with Crippen LogP contribution in [-0.2, 0) is 9.53 Å². The molecule has 2 N–H and O–H groups in total. The second kappa shape index (κ2) is 7.10. The number of nitrogens with one attached hydrogen (secondary N) is 1. The summed E-state index contributed by atoms with van der Waals surface area (Å²) in [5, 5.41) is 11.6. The molecule has 0 spiro atoms. The van der Waals surface area contributed by atoms with Crippen molar-refractivity contribution < 1.29 is 24.2 Å². The van der Waals surface area contributed by atoms with Gasteiger partial charge in [0.2, 0.25) is 5.91 Å². The molecule has 2 rings (SSSR count). The Morgan fingerprint density at radius 3 is 2.61 bits per heavy atom. The van der Waals surface area contributed by atoms with Crippen LogP contribution in [0.4, 0.5) is 10.5 Å². The number of benzene rings is 1. The average molecular weight is 321 g/mol. The van der Waals surface area contributed by atoms with Crippen LogP contribution in [0.15, 0.2) is 24.3 Å². The lowest BCUT2D eigenvalue weighted by Crippen LogP contribution is -2.58. The zero-order chi connectivity index (χ0) is 17.0. The third kappa shape index (κ3) is 3.98. The molecule has 1 aliphatic heterocycles. The summed E-state index contributed by atoms with van der Waals surface area (Å²) in [4.78, 5) is 38.0. The smallest absolute Gasteiger partial charge is 0.337 e. The minimum absolute atomic E-state index is 0.000471. The summed E-state index contributed by atoms with van der Waals surface area (Å²) in [6.07, 6.45) is 0.0450. The first-order valence-electron chi connectivity index (χ1n) is 7.07. The van der Waals surface area contributed by atoms with Crippen molar-refractivity contribution in [1.29, 1.82) is 0 Å².